The van der Waals surface area contributed by atoms with Crippen molar-refractivity contribution in [1.29, 1.82) is 0 Å². The molecule has 2 rings (SSSR count). The van der Waals surface area contributed by atoms with Gasteiger partial charge in [0.05, 0.1) is 6.54 Å². The molecule has 31 heavy (non-hydrogen) atoms. The van der Waals surface area contributed by atoms with Gasteiger partial charge in [-0.25, -0.2) is 18.1 Å². The Labute approximate surface area is 188 Å². The molecule has 0 saturated heterocycles. The Hall–Kier alpha value is -2.17. The maximum absolute atomic E-state index is 13.4. The summed E-state index contributed by atoms with van der Waals surface area (Å²) in [6.07, 6.45) is 0. The average molecular weight is 467 g/mol. The van der Waals surface area contributed by atoms with Crippen LogP contribution in [0, 0.1) is 10.8 Å². The fraction of sp³-hybridized carbons (Fsp3) is 0.476. The lowest BCUT2D eigenvalue weighted by atomic mass is 9.93. The Morgan fingerprint density at radius 1 is 1.13 bits per heavy atom. The predicted molar refractivity (Wildman–Crippen MR) is 124 cm³/mol. The van der Waals surface area contributed by atoms with E-state index in [1.807, 2.05) is 6.07 Å². The molecule has 1 unspecified atom stereocenters. The van der Waals surface area contributed by atoms with Crippen molar-refractivity contribution in [3.05, 3.63) is 47.9 Å². The van der Waals surface area contributed by atoms with E-state index in [4.69, 9.17) is 0 Å². The molecular weight excluding hydrogens is 436 g/mol. The maximum atomic E-state index is 13.4. The molecule has 0 saturated carbocycles. The van der Waals surface area contributed by atoms with Crippen LogP contribution in [0.5, 0.6) is 0 Å². The van der Waals surface area contributed by atoms with Gasteiger partial charge in [-0.05, 0) is 17.3 Å². The van der Waals surface area contributed by atoms with Crippen LogP contribution in [0.3, 0.4) is 0 Å². The summed E-state index contributed by atoms with van der Waals surface area (Å²) in [6.45, 7) is 13.7. The van der Waals surface area contributed by atoms with Gasteiger partial charge in [0.15, 0.2) is 10.0 Å². The van der Waals surface area contributed by atoms with Gasteiger partial charge in [0.2, 0.25) is 21.8 Å². The summed E-state index contributed by atoms with van der Waals surface area (Å²) >= 11 is 1.12. The van der Waals surface area contributed by atoms with Gasteiger partial charge < -0.3 is 5.32 Å². The number of thioether (sulfide) groups is 1. The molecule has 2 amide bonds. The van der Waals surface area contributed by atoms with Crippen LogP contribution in [0.4, 0.5) is 0 Å². The summed E-state index contributed by atoms with van der Waals surface area (Å²) in [6, 6.07) is 9.00. The first-order valence-electron chi connectivity index (χ1n) is 9.74. The van der Waals surface area contributed by atoms with Crippen molar-refractivity contribution >= 4 is 38.8 Å². The topological polar surface area (TPSA) is 108 Å². The van der Waals surface area contributed by atoms with E-state index < -0.39 is 25.7 Å². The highest BCUT2D eigenvalue weighted by Gasteiger charge is 2.51. The molecule has 1 heterocycles. The zero-order valence-corrected chi connectivity index (χ0v) is 20.4. The summed E-state index contributed by atoms with van der Waals surface area (Å²) in [5.74, 6) is -0.584. The molecular formula is C21H30N4O4S2. The molecule has 0 radical (unpaired) electrons. The molecule has 1 aromatic rings. The zero-order chi connectivity index (χ0) is 23.7. The molecule has 2 N–H and O–H groups in total. The van der Waals surface area contributed by atoms with Crippen LogP contribution in [-0.4, -0.2) is 37.0 Å². The highest BCUT2D eigenvalue weighted by atomic mass is 32.2. The van der Waals surface area contributed by atoms with Crippen molar-refractivity contribution in [3.8, 4) is 0 Å². The molecule has 10 heteroatoms. The molecule has 0 fully saturated rings. The van der Waals surface area contributed by atoms with Gasteiger partial charge in [-0.2, -0.15) is 0 Å². The van der Waals surface area contributed by atoms with Gasteiger partial charge in [0.25, 0.3) is 0 Å². The Morgan fingerprint density at radius 3 is 2.19 bits per heavy atom. The minimum atomic E-state index is -3.78. The predicted octanol–water partition coefficient (Wildman–Crippen LogP) is 2.96. The highest BCUT2D eigenvalue weighted by molar-refractivity contribution is 8.14. The van der Waals surface area contributed by atoms with Crippen LogP contribution in [0.15, 0.2) is 47.4 Å². The summed E-state index contributed by atoms with van der Waals surface area (Å²) in [4.78, 5) is 24.7. The molecule has 1 aliphatic heterocycles. The molecule has 0 aliphatic carbocycles. The summed E-state index contributed by atoms with van der Waals surface area (Å²) < 4.78 is 26.8. The van der Waals surface area contributed by atoms with E-state index in [0.29, 0.717) is 5.56 Å². The van der Waals surface area contributed by atoms with Crippen molar-refractivity contribution in [2.45, 2.75) is 46.4 Å². The second-order valence-corrected chi connectivity index (χ2v) is 12.2. The number of carbonyl (C=O) groups is 2. The molecule has 1 aromatic carbocycles. The van der Waals surface area contributed by atoms with Crippen molar-refractivity contribution in [3.63, 3.8) is 0 Å². The Balaban J connectivity index is 2.60. The van der Waals surface area contributed by atoms with Crippen molar-refractivity contribution < 1.29 is 18.0 Å². The van der Waals surface area contributed by atoms with Crippen LogP contribution in [0.25, 0.3) is 0 Å². The number of amidine groups is 1. The Morgan fingerprint density at radius 2 is 1.71 bits per heavy atom. The number of hydrogen-bond acceptors (Lipinski definition) is 6. The lowest BCUT2D eigenvalue weighted by Gasteiger charge is -2.38. The number of rotatable bonds is 5. The van der Waals surface area contributed by atoms with Gasteiger partial charge in [0.1, 0.15) is 0 Å². The van der Waals surface area contributed by atoms with Crippen LogP contribution in [0.2, 0.25) is 0 Å². The SMILES string of the molecule is C=CS(=O)(=O)NCC1(c2ccccc2)SC(NC(=O)C(C)(C)C)=NN1C(=O)C(C)(C)C. The Kier molecular flexibility index (Phi) is 7.09. The smallest absolute Gasteiger partial charge is 0.249 e. The average Bonchev–Trinajstić information content (AvgIpc) is 3.04. The van der Waals surface area contributed by atoms with Crippen LogP contribution < -0.4 is 10.0 Å². The van der Waals surface area contributed by atoms with Crippen molar-refractivity contribution in [2.75, 3.05) is 6.54 Å². The molecule has 1 aliphatic rings. The second kappa shape index (κ2) is 8.76. The van der Waals surface area contributed by atoms with Crippen LogP contribution in [-0.2, 0) is 24.5 Å². The first-order chi connectivity index (χ1) is 14.1. The third-order valence-electron chi connectivity index (χ3n) is 4.49. The molecule has 0 bridgehead atoms. The molecule has 170 valence electrons. The number of nitrogens with zero attached hydrogens (tertiary/aromatic N) is 2. The van der Waals surface area contributed by atoms with Crippen LogP contribution in [0.1, 0.15) is 47.1 Å². The van der Waals surface area contributed by atoms with Crippen molar-refractivity contribution in [1.82, 2.24) is 15.0 Å². The number of hydrogen-bond donors (Lipinski definition) is 2. The normalized spacial score (nSPS) is 19.7. The van der Waals surface area contributed by atoms with Gasteiger partial charge in [0, 0.05) is 16.2 Å². The van der Waals surface area contributed by atoms with E-state index in [1.54, 1.807) is 65.8 Å². The minimum Gasteiger partial charge on any atom is -0.303 e. The monoisotopic (exact) mass is 466 g/mol. The number of sulfonamides is 1. The van der Waals surface area contributed by atoms with Gasteiger partial charge in [-0.1, -0.05) is 78.5 Å². The van der Waals surface area contributed by atoms with Gasteiger partial charge in [-0.15, -0.1) is 5.10 Å². The number of amides is 2. The fourth-order valence-electron chi connectivity index (χ4n) is 2.61. The van der Waals surface area contributed by atoms with E-state index in [2.05, 4.69) is 21.7 Å². The number of nitrogens with one attached hydrogen (secondary N) is 2. The molecule has 8 nitrogen and oxygen atoms in total. The van der Waals surface area contributed by atoms with E-state index in [0.717, 1.165) is 17.2 Å². The number of carbonyl (C=O) groups excluding carboxylic acids is 2. The fourth-order valence-corrected chi connectivity index (χ4v) is 4.42. The number of hydrazone groups is 1. The highest BCUT2D eigenvalue weighted by Crippen LogP contribution is 2.46. The van der Waals surface area contributed by atoms with E-state index in [1.165, 1.54) is 5.01 Å². The third-order valence-corrected chi connectivity index (χ3v) is 6.74. The number of benzene rings is 1. The molecule has 0 spiro atoms. The van der Waals surface area contributed by atoms with Crippen molar-refractivity contribution in [2.24, 2.45) is 15.9 Å². The zero-order valence-electron chi connectivity index (χ0n) is 18.7. The van der Waals surface area contributed by atoms with E-state index in [-0.39, 0.29) is 23.5 Å². The van der Waals surface area contributed by atoms with Crippen LogP contribution >= 0.6 is 11.8 Å². The largest absolute Gasteiger partial charge is 0.303 e. The summed E-state index contributed by atoms with van der Waals surface area (Å²) in [5, 5.41) is 9.51. The molecule has 1 atom stereocenters. The van der Waals surface area contributed by atoms with Gasteiger partial charge in [-0.3, -0.25) is 9.59 Å². The van der Waals surface area contributed by atoms with Gasteiger partial charge >= 0.3 is 0 Å². The lowest BCUT2D eigenvalue weighted by molar-refractivity contribution is -0.143. The lowest BCUT2D eigenvalue weighted by Crippen LogP contribution is -2.51. The molecule has 0 aromatic heterocycles. The quantitative estimate of drug-likeness (QED) is 0.694. The maximum Gasteiger partial charge on any atom is 0.249 e. The summed E-state index contributed by atoms with van der Waals surface area (Å²) in [5.41, 5.74) is -0.817. The van der Waals surface area contributed by atoms with E-state index >= 15 is 0 Å². The Bertz CT molecular complexity index is 992. The summed E-state index contributed by atoms with van der Waals surface area (Å²) in [7, 11) is -3.78. The standard InChI is InChI=1S/C21H30N4O4S2/c1-8-31(28,29)22-14-21(15-12-10-9-11-13-15)25(17(27)20(5,6)7)24-18(30-21)23-16(26)19(2,3)4/h8-13,22H,1,14H2,2-7H3,(H,23,24,26). The van der Waals surface area contributed by atoms with E-state index in [9.17, 15) is 18.0 Å². The second-order valence-electron chi connectivity index (χ2n) is 9.26. The third kappa shape index (κ3) is 5.75. The first-order valence-corrected chi connectivity index (χ1v) is 12.1. The first kappa shape index (κ1) is 25.1. The minimum absolute atomic E-state index is 0.170.